The van der Waals surface area contributed by atoms with Crippen LogP contribution in [0.1, 0.15) is 32.3 Å². The van der Waals surface area contributed by atoms with Crippen LogP contribution in [-0.4, -0.2) is 70.2 Å². The van der Waals surface area contributed by atoms with Gasteiger partial charge in [-0.05, 0) is 18.4 Å². The second-order valence-electron chi connectivity index (χ2n) is 7.77. The molecule has 0 radical (unpaired) electrons. The van der Waals surface area contributed by atoms with Gasteiger partial charge in [0.05, 0.1) is 24.5 Å². The molecule has 0 unspecified atom stereocenters. The fourth-order valence-electron chi connectivity index (χ4n) is 3.19. The molecule has 196 valence electrons. The van der Waals surface area contributed by atoms with Gasteiger partial charge in [-0.1, -0.05) is 44.2 Å². The molecule has 0 bridgehead atoms. The Morgan fingerprint density at radius 2 is 1.39 bits per heavy atom. The van der Waals surface area contributed by atoms with E-state index >= 15 is 0 Å². The van der Waals surface area contributed by atoms with Crippen LogP contribution in [0.25, 0.3) is 0 Å². The van der Waals surface area contributed by atoms with Crippen LogP contribution in [0.15, 0.2) is 30.3 Å². The van der Waals surface area contributed by atoms with Gasteiger partial charge in [0.25, 0.3) is 0 Å². The van der Waals surface area contributed by atoms with Gasteiger partial charge in [-0.2, -0.15) is 13.2 Å². The molecule has 36 heavy (non-hydrogen) atoms. The zero-order valence-corrected chi connectivity index (χ0v) is 19.6. The van der Waals surface area contributed by atoms with Crippen molar-refractivity contribution in [1.82, 2.24) is 4.90 Å². The minimum absolute atomic E-state index is 0.0148. The Hall–Kier alpha value is -3.74. The Labute approximate surface area is 204 Å². The molecule has 0 aliphatic rings. The largest absolute Gasteiger partial charge is 0.491 e. The number of Topliss-reactive ketones (excluding diaryl/α,β-unsaturated/α-hetero) is 2. The Morgan fingerprint density at radius 3 is 1.81 bits per heavy atom. The molecule has 0 aliphatic heterocycles. The molecule has 0 heterocycles. The molecule has 3 N–H and O–H groups in total. The molecule has 1 aromatic rings. The normalized spacial score (nSPS) is 12.9. The van der Waals surface area contributed by atoms with Crippen LogP contribution >= 0.6 is 0 Å². The first-order chi connectivity index (χ1) is 16.7. The predicted octanol–water partition coefficient (Wildman–Crippen LogP) is 2.44. The molecular weight excluding hydrogens is 487 g/mol. The number of alkyl halides is 3. The van der Waals surface area contributed by atoms with Crippen LogP contribution in [0.3, 0.4) is 0 Å². The highest BCUT2D eigenvalue weighted by Gasteiger charge is 2.44. The standard InChI is InChI=1S/C23H26F3N3O7/c1-3-14(20(32)33)18(27)16(30)11-29(10-13-8-6-5-7-9-13)12-17(31)19(28)15(4-2)21(34)36-22(35)23(24,25)26/h5-9,14-15,27-28H,3-4,10-12H2,1-2H3,(H,32,33)/t14-,15-/m1/s1. The number of halogens is 3. The molecule has 0 aliphatic carbocycles. The summed E-state index contributed by atoms with van der Waals surface area (Å²) in [6.07, 6.45) is -5.77. The first kappa shape index (κ1) is 30.3. The van der Waals surface area contributed by atoms with E-state index in [-0.39, 0.29) is 19.4 Å². The van der Waals surface area contributed by atoms with E-state index in [4.69, 9.17) is 10.8 Å². The van der Waals surface area contributed by atoms with Crippen molar-refractivity contribution in [3.63, 3.8) is 0 Å². The quantitative estimate of drug-likeness (QED) is 0.194. The fourth-order valence-corrected chi connectivity index (χ4v) is 3.19. The van der Waals surface area contributed by atoms with Crippen LogP contribution in [-0.2, 0) is 35.3 Å². The highest BCUT2D eigenvalue weighted by molar-refractivity contribution is 6.44. The molecule has 13 heteroatoms. The Kier molecular flexibility index (Phi) is 11.3. The highest BCUT2D eigenvalue weighted by Crippen LogP contribution is 2.19. The average Bonchev–Trinajstić information content (AvgIpc) is 2.79. The monoisotopic (exact) mass is 513 g/mol. The summed E-state index contributed by atoms with van der Waals surface area (Å²) in [5.41, 5.74) is -0.968. The van der Waals surface area contributed by atoms with Gasteiger partial charge in [-0.3, -0.25) is 24.1 Å². The van der Waals surface area contributed by atoms with E-state index in [0.717, 1.165) is 0 Å². The average molecular weight is 513 g/mol. The molecule has 0 spiro atoms. The predicted molar refractivity (Wildman–Crippen MR) is 120 cm³/mol. The van der Waals surface area contributed by atoms with Crippen molar-refractivity contribution in [1.29, 1.82) is 10.8 Å². The zero-order chi connectivity index (χ0) is 27.6. The molecule has 0 saturated heterocycles. The molecule has 1 rings (SSSR count). The number of ether oxygens (including phenoxy) is 1. The number of carbonyl (C=O) groups is 5. The maximum absolute atomic E-state index is 12.7. The van der Waals surface area contributed by atoms with Crippen molar-refractivity contribution in [2.45, 2.75) is 39.4 Å². The van der Waals surface area contributed by atoms with Crippen molar-refractivity contribution in [2.24, 2.45) is 11.8 Å². The maximum Gasteiger partial charge on any atom is 0.491 e. The number of nitrogens with zero attached hydrogens (tertiary/aromatic N) is 1. The maximum atomic E-state index is 12.7. The summed E-state index contributed by atoms with van der Waals surface area (Å²) in [5, 5.41) is 25.1. The summed E-state index contributed by atoms with van der Waals surface area (Å²) in [6.45, 7) is 1.55. The molecule has 10 nitrogen and oxygen atoms in total. The first-order valence-electron chi connectivity index (χ1n) is 10.8. The number of hydrogen-bond donors (Lipinski definition) is 3. The van der Waals surface area contributed by atoms with Gasteiger partial charge in [0.2, 0.25) is 0 Å². The van der Waals surface area contributed by atoms with Crippen LogP contribution in [0.2, 0.25) is 0 Å². The molecule has 0 aromatic heterocycles. The fraction of sp³-hybridized carbons (Fsp3) is 0.435. The van der Waals surface area contributed by atoms with Gasteiger partial charge >= 0.3 is 24.1 Å². The van der Waals surface area contributed by atoms with Gasteiger partial charge < -0.3 is 20.7 Å². The second-order valence-corrected chi connectivity index (χ2v) is 7.77. The van der Waals surface area contributed by atoms with Crippen LogP contribution in [0, 0.1) is 22.7 Å². The third kappa shape index (κ3) is 8.80. The van der Waals surface area contributed by atoms with Crippen molar-refractivity contribution < 1.29 is 47.0 Å². The van der Waals surface area contributed by atoms with Crippen LogP contribution in [0.5, 0.6) is 0 Å². The lowest BCUT2D eigenvalue weighted by Crippen LogP contribution is -2.43. The molecule has 0 amide bonds. The van der Waals surface area contributed by atoms with E-state index in [1.54, 1.807) is 30.3 Å². The molecule has 0 saturated carbocycles. The summed E-state index contributed by atoms with van der Waals surface area (Å²) in [6, 6.07) is 8.41. The number of esters is 2. The van der Waals surface area contributed by atoms with E-state index in [1.165, 1.54) is 18.7 Å². The lowest BCUT2D eigenvalue weighted by molar-refractivity contribution is -0.202. The number of carboxylic acids is 1. The van der Waals surface area contributed by atoms with Crippen molar-refractivity contribution in [2.75, 3.05) is 13.1 Å². The number of ketones is 2. The van der Waals surface area contributed by atoms with Crippen molar-refractivity contribution >= 4 is 40.9 Å². The number of aliphatic carboxylic acids is 1. The number of hydrogen-bond acceptors (Lipinski definition) is 9. The molecular formula is C23H26F3N3O7. The minimum atomic E-state index is -5.44. The Balaban J connectivity index is 3.07. The van der Waals surface area contributed by atoms with Gasteiger partial charge in [0, 0.05) is 6.54 Å². The van der Waals surface area contributed by atoms with E-state index in [0.29, 0.717) is 5.56 Å². The minimum Gasteiger partial charge on any atom is -0.481 e. The summed E-state index contributed by atoms with van der Waals surface area (Å²) < 4.78 is 40.9. The summed E-state index contributed by atoms with van der Waals surface area (Å²) in [5.74, 6) is -10.9. The second kappa shape index (κ2) is 13.4. The van der Waals surface area contributed by atoms with E-state index in [1.807, 2.05) is 0 Å². The highest BCUT2D eigenvalue weighted by atomic mass is 19.4. The van der Waals surface area contributed by atoms with E-state index in [9.17, 15) is 42.3 Å². The Bertz CT molecular complexity index is 1030. The van der Waals surface area contributed by atoms with E-state index < -0.39 is 72.0 Å². The first-order valence-corrected chi connectivity index (χ1v) is 10.8. The summed E-state index contributed by atoms with van der Waals surface area (Å²) in [4.78, 5) is 60.8. The zero-order valence-electron chi connectivity index (χ0n) is 19.6. The number of rotatable bonds is 14. The lowest BCUT2D eigenvalue weighted by Gasteiger charge is -2.23. The molecule has 1 aromatic carbocycles. The number of carbonyl (C=O) groups excluding carboxylic acids is 4. The summed E-state index contributed by atoms with van der Waals surface area (Å²) in [7, 11) is 0. The van der Waals surface area contributed by atoms with Crippen LogP contribution < -0.4 is 0 Å². The third-order valence-electron chi connectivity index (χ3n) is 5.11. The van der Waals surface area contributed by atoms with Crippen molar-refractivity contribution in [3.8, 4) is 0 Å². The topological polar surface area (TPSA) is 166 Å². The van der Waals surface area contributed by atoms with Crippen LogP contribution in [0.4, 0.5) is 13.2 Å². The van der Waals surface area contributed by atoms with Gasteiger partial charge in [0.15, 0.2) is 11.6 Å². The van der Waals surface area contributed by atoms with Gasteiger partial charge in [-0.15, -0.1) is 0 Å². The third-order valence-corrected chi connectivity index (χ3v) is 5.11. The number of benzene rings is 1. The summed E-state index contributed by atoms with van der Waals surface area (Å²) >= 11 is 0. The lowest BCUT2D eigenvalue weighted by atomic mass is 9.95. The van der Waals surface area contributed by atoms with Crippen molar-refractivity contribution in [3.05, 3.63) is 35.9 Å². The number of carboxylic acid groups (broad SMARTS) is 1. The SMILES string of the molecule is CC[C@H](C(=N)C(=O)CN(CC(=O)C(=N)[C@@H](CC)C(=O)OC(=O)C(F)(F)F)Cc1ccccc1)C(=O)O. The smallest absolute Gasteiger partial charge is 0.481 e. The number of nitrogens with one attached hydrogen (secondary N) is 2. The van der Waals surface area contributed by atoms with E-state index in [2.05, 4.69) is 4.74 Å². The Morgan fingerprint density at radius 1 is 0.917 bits per heavy atom. The van der Waals surface area contributed by atoms with Gasteiger partial charge in [0.1, 0.15) is 11.8 Å². The van der Waals surface area contributed by atoms with Gasteiger partial charge in [-0.25, -0.2) is 4.79 Å². The molecule has 2 atom stereocenters. The molecule has 0 fully saturated rings.